The average molecular weight is 355 g/mol. The van der Waals surface area contributed by atoms with Crippen molar-refractivity contribution in [3.05, 3.63) is 23.8 Å². The summed E-state index contributed by atoms with van der Waals surface area (Å²) in [6.45, 7) is 3.44. The first-order valence-corrected chi connectivity index (χ1v) is 9.02. The average Bonchev–Trinajstić information content (AvgIpc) is 3.29. The molecule has 1 aromatic carbocycles. The molecule has 3 aliphatic heterocycles. The molecule has 1 aromatic heterocycles. The number of piperazine rings is 1. The lowest BCUT2D eigenvalue weighted by Crippen LogP contribution is -2.49. The summed E-state index contributed by atoms with van der Waals surface area (Å²) in [6, 6.07) is 6.88. The number of nitrogens with one attached hydrogen (secondary N) is 1. The van der Waals surface area contributed by atoms with Gasteiger partial charge in [-0.2, -0.15) is 0 Å². The number of benzene rings is 1. The fourth-order valence-corrected chi connectivity index (χ4v) is 4.41. The van der Waals surface area contributed by atoms with Crippen LogP contribution in [0.25, 0.3) is 11.0 Å². The highest BCUT2D eigenvalue weighted by Gasteiger charge is 2.41. The molecule has 0 spiro atoms. The van der Waals surface area contributed by atoms with Crippen LogP contribution in [0.5, 0.6) is 0 Å². The van der Waals surface area contributed by atoms with Crippen LogP contribution in [0.4, 0.5) is 10.6 Å². The van der Waals surface area contributed by atoms with Crippen LogP contribution in [0.15, 0.2) is 22.7 Å². The number of hydrogen-bond donors (Lipinski definition) is 1. The van der Waals surface area contributed by atoms with Gasteiger partial charge in [0, 0.05) is 44.7 Å². The van der Waals surface area contributed by atoms with Crippen LogP contribution in [-0.4, -0.2) is 65.7 Å². The lowest BCUT2D eigenvalue weighted by atomic mass is 10.1. The minimum Gasteiger partial charge on any atom is -0.354 e. The zero-order chi connectivity index (χ0) is 17.8. The normalized spacial score (nSPS) is 26.9. The van der Waals surface area contributed by atoms with Crippen molar-refractivity contribution >= 4 is 28.7 Å². The van der Waals surface area contributed by atoms with Gasteiger partial charge in [0.2, 0.25) is 5.91 Å². The third kappa shape index (κ3) is 2.48. The first-order chi connectivity index (χ1) is 12.6. The monoisotopic (exact) mass is 355 g/mol. The predicted molar refractivity (Wildman–Crippen MR) is 94.7 cm³/mol. The molecule has 8 nitrogen and oxygen atoms in total. The third-order valence-electron chi connectivity index (χ3n) is 5.84. The third-order valence-corrected chi connectivity index (χ3v) is 5.84. The second kappa shape index (κ2) is 5.78. The number of likely N-dealkylation sites (N-methyl/N-ethyl adjacent to an activating group) is 1. The fourth-order valence-electron chi connectivity index (χ4n) is 4.41. The van der Waals surface area contributed by atoms with Gasteiger partial charge in [0.1, 0.15) is 0 Å². The van der Waals surface area contributed by atoms with E-state index in [1.165, 1.54) is 16.9 Å². The number of imide groups is 1. The molecule has 3 aliphatic rings. The number of urea groups is 1. The number of carbonyl (C=O) groups is 2. The van der Waals surface area contributed by atoms with Crippen LogP contribution in [-0.2, 0) is 11.3 Å². The Morgan fingerprint density at radius 3 is 2.88 bits per heavy atom. The maximum atomic E-state index is 12.1. The molecule has 4 heterocycles. The number of hydrogen-bond acceptors (Lipinski definition) is 6. The van der Waals surface area contributed by atoms with Crippen molar-refractivity contribution in [2.75, 3.05) is 31.6 Å². The molecule has 0 saturated carbocycles. The van der Waals surface area contributed by atoms with Gasteiger partial charge in [-0.15, -0.1) is 0 Å². The summed E-state index contributed by atoms with van der Waals surface area (Å²) in [5, 5.41) is 7.22. The molecule has 2 atom stereocenters. The molecule has 2 bridgehead atoms. The summed E-state index contributed by atoms with van der Waals surface area (Å²) in [5.41, 5.74) is 1.83. The minimum atomic E-state index is -0.443. The highest BCUT2D eigenvalue weighted by atomic mass is 16.5. The molecular formula is C18H21N5O3. The Morgan fingerprint density at radius 2 is 2.15 bits per heavy atom. The van der Waals surface area contributed by atoms with Crippen LogP contribution in [0.1, 0.15) is 18.4 Å². The summed E-state index contributed by atoms with van der Waals surface area (Å²) in [7, 11) is 2.20. The Labute approximate surface area is 150 Å². The molecular weight excluding hydrogens is 334 g/mol. The number of aromatic nitrogens is 1. The number of fused-ring (bicyclic) bond motifs is 3. The van der Waals surface area contributed by atoms with Crippen molar-refractivity contribution in [3.8, 4) is 0 Å². The zero-order valence-corrected chi connectivity index (χ0v) is 14.6. The number of amides is 3. The lowest BCUT2D eigenvalue weighted by molar-refractivity contribution is -0.120. The van der Waals surface area contributed by atoms with Gasteiger partial charge < -0.3 is 9.42 Å². The summed E-state index contributed by atoms with van der Waals surface area (Å²) >= 11 is 0. The molecule has 26 heavy (non-hydrogen) atoms. The summed E-state index contributed by atoms with van der Waals surface area (Å²) < 4.78 is 5.39. The summed E-state index contributed by atoms with van der Waals surface area (Å²) in [4.78, 5) is 30.0. The Balaban J connectivity index is 1.41. The molecule has 2 aromatic rings. The molecule has 5 rings (SSSR count). The highest BCUT2D eigenvalue weighted by Crippen LogP contribution is 2.32. The Kier molecular flexibility index (Phi) is 3.51. The fraction of sp³-hybridized carbons (Fsp3) is 0.500. The van der Waals surface area contributed by atoms with E-state index in [9.17, 15) is 9.59 Å². The molecule has 0 aliphatic carbocycles. The van der Waals surface area contributed by atoms with E-state index in [2.05, 4.69) is 39.5 Å². The van der Waals surface area contributed by atoms with E-state index in [0.29, 0.717) is 30.0 Å². The van der Waals surface area contributed by atoms with Crippen molar-refractivity contribution in [1.29, 1.82) is 0 Å². The summed E-state index contributed by atoms with van der Waals surface area (Å²) in [5.74, 6) is 0.225. The van der Waals surface area contributed by atoms with Gasteiger partial charge >= 0.3 is 6.03 Å². The van der Waals surface area contributed by atoms with Crippen LogP contribution < -0.4 is 10.2 Å². The van der Waals surface area contributed by atoms with Gasteiger partial charge in [-0.05, 0) is 31.2 Å². The van der Waals surface area contributed by atoms with Gasteiger partial charge in [0.15, 0.2) is 11.4 Å². The number of nitrogens with zero attached hydrogens (tertiary/aromatic N) is 4. The van der Waals surface area contributed by atoms with E-state index in [1.54, 1.807) is 0 Å². The van der Waals surface area contributed by atoms with Crippen LogP contribution in [0.3, 0.4) is 0 Å². The van der Waals surface area contributed by atoms with Gasteiger partial charge in [-0.1, -0.05) is 11.2 Å². The van der Waals surface area contributed by atoms with Gasteiger partial charge in [-0.3, -0.25) is 19.9 Å². The minimum absolute atomic E-state index is 0.256. The molecule has 136 valence electrons. The van der Waals surface area contributed by atoms with Gasteiger partial charge in [-0.25, -0.2) is 4.79 Å². The zero-order valence-electron chi connectivity index (χ0n) is 14.6. The van der Waals surface area contributed by atoms with Crippen LogP contribution >= 0.6 is 0 Å². The predicted octanol–water partition coefficient (Wildman–Crippen LogP) is 1.16. The topological polar surface area (TPSA) is 81.9 Å². The van der Waals surface area contributed by atoms with Gasteiger partial charge in [0.05, 0.1) is 5.39 Å². The quantitative estimate of drug-likeness (QED) is 0.890. The molecule has 0 unspecified atom stereocenters. The molecule has 3 saturated heterocycles. The van der Waals surface area contributed by atoms with Gasteiger partial charge in [0.25, 0.3) is 0 Å². The molecule has 8 heteroatoms. The van der Waals surface area contributed by atoms with Crippen LogP contribution in [0, 0.1) is 0 Å². The standard InChI is InChI=1S/C18H21N5O3/c1-21-9-13-7-12(21)10-22(13)8-11-2-3-15-14(6-11)17(20-26-15)23-5-4-16(24)19-18(23)25/h2-3,6,12-13H,4-5,7-10H2,1H3,(H,19,24,25)/t12-,13-/m0/s1. The van der Waals surface area contributed by atoms with Crippen molar-refractivity contribution in [1.82, 2.24) is 20.3 Å². The number of carbonyl (C=O) groups excluding carboxylic acids is 2. The number of rotatable bonds is 3. The summed E-state index contributed by atoms with van der Waals surface area (Å²) in [6.07, 6.45) is 1.52. The number of anilines is 1. The molecule has 3 amide bonds. The maximum Gasteiger partial charge on any atom is 0.329 e. The second-order valence-corrected chi connectivity index (χ2v) is 7.50. The molecule has 0 radical (unpaired) electrons. The van der Waals surface area contributed by atoms with E-state index in [4.69, 9.17) is 4.52 Å². The SMILES string of the molecule is CN1C[C@@H]2C[C@H]1CN2Cc1ccc2onc(N3CCC(=O)NC3=O)c2c1. The van der Waals surface area contributed by atoms with E-state index < -0.39 is 6.03 Å². The largest absolute Gasteiger partial charge is 0.354 e. The Bertz CT molecular complexity index is 892. The van der Waals surface area contributed by atoms with E-state index in [0.717, 1.165) is 25.0 Å². The smallest absolute Gasteiger partial charge is 0.329 e. The number of likely N-dealkylation sites (tertiary alicyclic amines) is 2. The second-order valence-electron chi connectivity index (χ2n) is 7.50. The van der Waals surface area contributed by atoms with Crippen molar-refractivity contribution in [3.63, 3.8) is 0 Å². The molecule has 1 N–H and O–H groups in total. The first kappa shape index (κ1) is 15.8. The van der Waals surface area contributed by atoms with E-state index >= 15 is 0 Å². The van der Waals surface area contributed by atoms with Crippen LogP contribution in [0.2, 0.25) is 0 Å². The maximum absolute atomic E-state index is 12.1. The highest BCUT2D eigenvalue weighted by molar-refractivity contribution is 6.08. The Morgan fingerprint density at radius 1 is 1.27 bits per heavy atom. The lowest BCUT2D eigenvalue weighted by Gasteiger charge is -2.31. The molecule has 3 fully saturated rings. The van der Waals surface area contributed by atoms with E-state index in [1.807, 2.05) is 6.07 Å². The van der Waals surface area contributed by atoms with Crippen molar-refractivity contribution < 1.29 is 14.1 Å². The van der Waals surface area contributed by atoms with Crippen molar-refractivity contribution in [2.45, 2.75) is 31.5 Å². The van der Waals surface area contributed by atoms with E-state index in [-0.39, 0.29) is 12.3 Å². The first-order valence-electron chi connectivity index (χ1n) is 9.02. The Hall–Kier alpha value is -2.45. The van der Waals surface area contributed by atoms with Crippen molar-refractivity contribution in [2.24, 2.45) is 0 Å².